The number of nitrogens with zero attached hydrogens (tertiary/aromatic N) is 2. The van der Waals surface area contributed by atoms with Crippen LogP contribution in [-0.4, -0.2) is 20.6 Å². The monoisotopic (exact) mass is 296 g/mol. The first-order valence-electron chi connectivity index (χ1n) is 7.09. The molecule has 0 aliphatic heterocycles. The van der Waals surface area contributed by atoms with E-state index in [9.17, 15) is 13.6 Å². The van der Waals surface area contributed by atoms with E-state index in [0.29, 0.717) is 23.3 Å². The molecule has 0 aliphatic carbocycles. The predicted molar refractivity (Wildman–Crippen MR) is 75.1 cm³/mol. The van der Waals surface area contributed by atoms with Gasteiger partial charge in [0.25, 0.3) is 0 Å². The summed E-state index contributed by atoms with van der Waals surface area (Å²) in [6.07, 6.45) is 4.70. The van der Waals surface area contributed by atoms with Gasteiger partial charge >= 0.3 is 5.97 Å². The molecule has 2 rings (SSSR count). The first-order chi connectivity index (χ1) is 10.0. The number of aromatic nitrogens is 2. The van der Waals surface area contributed by atoms with Gasteiger partial charge in [-0.1, -0.05) is 26.2 Å². The molecular weight excluding hydrogens is 278 g/mol. The number of hydrogen-bond acceptors (Lipinski definition) is 2. The summed E-state index contributed by atoms with van der Waals surface area (Å²) in [5, 5.41) is 8.99. The molecule has 1 heterocycles. The van der Waals surface area contributed by atoms with Crippen LogP contribution in [0.1, 0.15) is 38.4 Å². The van der Waals surface area contributed by atoms with Crippen LogP contribution in [0.3, 0.4) is 0 Å². The van der Waals surface area contributed by atoms with Gasteiger partial charge in [-0.2, -0.15) is 0 Å². The Morgan fingerprint density at radius 1 is 1.24 bits per heavy atom. The van der Waals surface area contributed by atoms with Gasteiger partial charge in [-0.05, 0) is 6.42 Å². The van der Waals surface area contributed by atoms with E-state index < -0.39 is 17.6 Å². The average Bonchev–Trinajstić information content (AvgIpc) is 2.73. The molecule has 114 valence electrons. The van der Waals surface area contributed by atoms with Crippen LogP contribution in [0.5, 0.6) is 0 Å². The Labute approximate surface area is 121 Å². The highest BCUT2D eigenvalue weighted by molar-refractivity contribution is 5.78. The minimum absolute atomic E-state index is 0.292. The number of fused-ring (bicyclic) bond motifs is 1. The molecule has 0 fully saturated rings. The van der Waals surface area contributed by atoms with Crippen LogP contribution in [0.15, 0.2) is 12.1 Å². The molecule has 0 atom stereocenters. The van der Waals surface area contributed by atoms with Gasteiger partial charge in [-0.15, -0.1) is 0 Å². The summed E-state index contributed by atoms with van der Waals surface area (Å²) in [5.74, 6) is -2.44. The molecular formula is C15H18F2N2O2. The van der Waals surface area contributed by atoms with Gasteiger partial charge in [0.2, 0.25) is 0 Å². The SMILES string of the molecule is CCCCCCc1nc2cc(F)c(F)cc2n1CC(=O)O. The molecule has 0 saturated carbocycles. The van der Waals surface area contributed by atoms with Crippen molar-refractivity contribution in [1.29, 1.82) is 0 Å². The van der Waals surface area contributed by atoms with Crippen molar-refractivity contribution in [2.45, 2.75) is 45.6 Å². The highest BCUT2D eigenvalue weighted by Crippen LogP contribution is 2.21. The molecule has 0 aliphatic rings. The first kappa shape index (κ1) is 15.4. The molecule has 0 amide bonds. The highest BCUT2D eigenvalue weighted by Gasteiger charge is 2.15. The number of hydrogen-bond donors (Lipinski definition) is 1. The van der Waals surface area contributed by atoms with E-state index in [0.717, 1.165) is 37.8 Å². The second-order valence-electron chi connectivity index (χ2n) is 5.07. The minimum Gasteiger partial charge on any atom is -0.480 e. The summed E-state index contributed by atoms with van der Waals surface area (Å²) >= 11 is 0. The summed E-state index contributed by atoms with van der Waals surface area (Å²) in [6.45, 7) is 1.80. The van der Waals surface area contributed by atoms with Crippen molar-refractivity contribution >= 4 is 17.0 Å². The number of halogens is 2. The number of rotatable bonds is 7. The van der Waals surface area contributed by atoms with E-state index >= 15 is 0 Å². The second kappa shape index (κ2) is 6.65. The van der Waals surface area contributed by atoms with Crippen LogP contribution in [0, 0.1) is 11.6 Å². The van der Waals surface area contributed by atoms with Crippen molar-refractivity contribution in [3.05, 3.63) is 29.6 Å². The van der Waals surface area contributed by atoms with E-state index in [1.807, 2.05) is 0 Å². The van der Waals surface area contributed by atoms with Crippen molar-refractivity contribution in [2.75, 3.05) is 0 Å². The number of carboxylic acid groups (broad SMARTS) is 1. The number of unbranched alkanes of at least 4 members (excludes halogenated alkanes) is 3. The number of imidazole rings is 1. The van der Waals surface area contributed by atoms with Crippen LogP contribution >= 0.6 is 0 Å². The van der Waals surface area contributed by atoms with Gasteiger partial charge < -0.3 is 9.67 Å². The zero-order valence-electron chi connectivity index (χ0n) is 11.9. The Morgan fingerprint density at radius 2 is 1.95 bits per heavy atom. The Balaban J connectivity index is 2.35. The van der Waals surface area contributed by atoms with E-state index in [2.05, 4.69) is 11.9 Å². The smallest absolute Gasteiger partial charge is 0.323 e. The van der Waals surface area contributed by atoms with Crippen molar-refractivity contribution in [2.24, 2.45) is 0 Å². The molecule has 1 N–H and O–H groups in total. The van der Waals surface area contributed by atoms with Gasteiger partial charge in [0.05, 0.1) is 11.0 Å². The Morgan fingerprint density at radius 3 is 2.62 bits per heavy atom. The summed E-state index contributed by atoms with van der Waals surface area (Å²) < 4.78 is 28.1. The van der Waals surface area contributed by atoms with Crippen LogP contribution in [0.4, 0.5) is 8.78 Å². The zero-order valence-corrected chi connectivity index (χ0v) is 11.9. The maximum Gasteiger partial charge on any atom is 0.323 e. The first-order valence-corrected chi connectivity index (χ1v) is 7.09. The molecule has 2 aromatic rings. The minimum atomic E-state index is -1.03. The molecule has 21 heavy (non-hydrogen) atoms. The predicted octanol–water partition coefficient (Wildman–Crippen LogP) is 3.52. The summed E-state index contributed by atoms with van der Waals surface area (Å²) in [6, 6.07) is 2.02. The molecule has 0 saturated heterocycles. The molecule has 6 heteroatoms. The quantitative estimate of drug-likeness (QED) is 0.795. The Hall–Kier alpha value is -1.98. The van der Waals surface area contributed by atoms with Gasteiger partial charge in [0.1, 0.15) is 12.4 Å². The molecule has 0 spiro atoms. The van der Waals surface area contributed by atoms with E-state index in [4.69, 9.17) is 5.11 Å². The fraction of sp³-hybridized carbons (Fsp3) is 0.467. The zero-order chi connectivity index (χ0) is 15.4. The fourth-order valence-electron chi connectivity index (χ4n) is 2.38. The van der Waals surface area contributed by atoms with Gasteiger partial charge in [0, 0.05) is 18.6 Å². The van der Waals surface area contributed by atoms with Crippen LogP contribution in [0.2, 0.25) is 0 Å². The standard InChI is InChI=1S/C15H18F2N2O2/c1-2-3-4-5-6-14-18-12-7-10(16)11(17)8-13(12)19(14)9-15(20)21/h7-8H,2-6,9H2,1H3,(H,20,21). The maximum absolute atomic E-state index is 13.4. The summed E-state index contributed by atoms with van der Waals surface area (Å²) in [4.78, 5) is 15.2. The summed E-state index contributed by atoms with van der Waals surface area (Å²) in [7, 11) is 0. The number of benzene rings is 1. The van der Waals surface area contributed by atoms with E-state index in [1.165, 1.54) is 4.57 Å². The van der Waals surface area contributed by atoms with Crippen LogP contribution < -0.4 is 0 Å². The lowest BCUT2D eigenvalue weighted by atomic mass is 10.1. The molecule has 1 aromatic carbocycles. The number of aliphatic carboxylic acids is 1. The van der Waals surface area contributed by atoms with Gasteiger partial charge in [-0.25, -0.2) is 13.8 Å². The second-order valence-corrected chi connectivity index (χ2v) is 5.07. The molecule has 1 aromatic heterocycles. The summed E-state index contributed by atoms with van der Waals surface area (Å²) in [5.41, 5.74) is 0.613. The highest BCUT2D eigenvalue weighted by atomic mass is 19.2. The van der Waals surface area contributed by atoms with Crippen molar-refractivity contribution in [3.63, 3.8) is 0 Å². The molecule has 0 unspecified atom stereocenters. The fourth-order valence-corrected chi connectivity index (χ4v) is 2.38. The topological polar surface area (TPSA) is 55.1 Å². The Kier molecular flexibility index (Phi) is 4.88. The lowest BCUT2D eigenvalue weighted by Crippen LogP contribution is -2.12. The lowest BCUT2D eigenvalue weighted by molar-refractivity contribution is -0.137. The average molecular weight is 296 g/mol. The third kappa shape index (κ3) is 3.56. The molecule has 4 nitrogen and oxygen atoms in total. The van der Waals surface area contributed by atoms with Crippen molar-refractivity contribution in [1.82, 2.24) is 9.55 Å². The normalized spacial score (nSPS) is 11.2. The van der Waals surface area contributed by atoms with Crippen molar-refractivity contribution in [3.8, 4) is 0 Å². The van der Waals surface area contributed by atoms with Gasteiger partial charge in [0.15, 0.2) is 11.6 Å². The third-order valence-corrected chi connectivity index (χ3v) is 3.42. The van der Waals surface area contributed by atoms with Gasteiger partial charge in [-0.3, -0.25) is 4.79 Å². The number of carbonyl (C=O) groups is 1. The molecule has 0 bridgehead atoms. The molecule has 0 radical (unpaired) electrons. The largest absolute Gasteiger partial charge is 0.480 e. The Bertz CT molecular complexity index is 653. The number of aryl methyl sites for hydroxylation is 1. The van der Waals surface area contributed by atoms with Crippen LogP contribution in [0.25, 0.3) is 11.0 Å². The third-order valence-electron chi connectivity index (χ3n) is 3.42. The number of carboxylic acids is 1. The van der Waals surface area contributed by atoms with Crippen molar-refractivity contribution < 1.29 is 18.7 Å². The lowest BCUT2D eigenvalue weighted by Gasteiger charge is -2.06. The maximum atomic E-state index is 13.4. The van der Waals surface area contributed by atoms with E-state index in [1.54, 1.807) is 0 Å². The van der Waals surface area contributed by atoms with E-state index in [-0.39, 0.29) is 6.54 Å². The van der Waals surface area contributed by atoms with Crippen LogP contribution in [-0.2, 0) is 17.8 Å².